The normalized spacial score (nSPS) is 9.89. The molecular formula is C12H18N2O4. The van der Waals surface area contributed by atoms with Gasteiger partial charge in [-0.2, -0.15) is 0 Å². The summed E-state index contributed by atoms with van der Waals surface area (Å²) in [5.41, 5.74) is 6.95. The molecule has 0 radical (unpaired) electrons. The minimum Gasteiger partial charge on any atom is -0.482 e. The average Bonchev–Trinajstić information content (AvgIpc) is 2.36. The maximum atomic E-state index is 11.1. The Kier molecular flexibility index (Phi) is 5.79. The Morgan fingerprint density at radius 3 is 2.94 bits per heavy atom. The molecule has 0 aromatic heterocycles. The molecule has 0 fully saturated rings. The number of nitrogens with one attached hydrogen (secondary N) is 1. The van der Waals surface area contributed by atoms with Crippen molar-refractivity contribution in [3.8, 4) is 5.75 Å². The van der Waals surface area contributed by atoms with Crippen molar-refractivity contribution in [2.24, 2.45) is 0 Å². The number of nitrogens with two attached hydrogens (primary N) is 1. The van der Waals surface area contributed by atoms with E-state index in [4.69, 9.17) is 20.3 Å². The Hall–Kier alpha value is -1.95. The van der Waals surface area contributed by atoms with Gasteiger partial charge >= 0.3 is 5.97 Å². The van der Waals surface area contributed by atoms with Crippen molar-refractivity contribution >= 4 is 17.3 Å². The van der Waals surface area contributed by atoms with Crippen LogP contribution in [0.1, 0.15) is 6.92 Å². The molecule has 4 N–H and O–H groups in total. The van der Waals surface area contributed by atoms with Crippen LogP contribution in [0.2, 0.25) is 0 Å². The second-order valence-corrected chi connectivity index (χ2v) is 3.49. The number of carbonyl (C=O) groups is 1. The lowest BCUT2D eigenvalue weighted by atomic mass is 10.2. The lowest BCUT2D eigenvalue weighted by Crippen LogP contribution is -2.15. The van der Waals surface area contributed by atoms with Crippen LogP contribution in [0.3, 0.4) is 0 Å². The van der Waals surface area contributed by atoms with E-state index in [0.29, 0.717) is 30.3 Å². The van der Waals surface area contributed by atoms with Crippen LogP contribution in [0, 0.1) is 0 Å². The molecular weight excluding hydrogens is 236 g/mol. The first-order valence-electron chi connectivity index (χ1n) is 5.70. The van der Waals surface area contributed by atoms with E-state index in [2.05, 4.69) is 5.32 Å². The first kappa shape index (κ1) is 14.1. The Bertz CT molecular complexity index is 396. The Labute approximate surface area is 106 Å². The quantitative estimate of drug-likeness (QED) is 0.487. The first-order valence-corrected chi connectivity index (χ1v) is 5.70. The Balaban J connectivity index is 2.58. The smallest absolute Gasteiger partial charge is 0.344 e. The molecule has 0 aliphatic rings. The number of ether oxygens (including phenoxy) is 2. The number of anilines is 2. The van der Waals surface area contributed by atoms with Crippen LogP contribution in [0.25, 0.3) is 0 Å². The van der Waals surface area contributed by atoms with Gasteiger partial charge in [-0.05, 0) is 19.1 Å². The fourth-order valence-corrected chi connectivity index (χ4v) is 1.31. The molecule has 0 bridgehead atoms. The van der Waals surface area contributed by atoms with E-state index in [1.165, 1.54) is 0 Å². The van der Waals surface area contributed by atoms with Crippen LogP contribution in [0.5, 0.6) is 5.75 Å². The van der Waals surface area contributed by atoms with E-state index >= 15 is 0 Å². The number of aliphatic hydroxyl groups is 1. The van der Waals surface area contributed by atoms with Crippen LogP contribution in [0.15, 0.2) is 18.2 Å². The van der Waals surface area contributed by atoms with Crippen molar-refractivity contribution in [3.05, 3.63) is 18.2 Å². The lowest BCUT2D eigenvalue weighted by Gasteiger charge is -2.11. The highest BCUT2D eigenvalue weighted by molar-refractivity contribution is 5.72. The molecule has 100 valence electrons. The summed E-state index contributed by atoms with van der Waals surface area (Å²) in [5.74, 6) is 0.0943. The lowest BCUT2D eigenvalue weighted by molar-refractivity contribution is -0.145. The first-order chi connectivity index (χ1) is 8.67. The Morgan fingerprint density at radius 2 is 2.28 bits per heavy atom. The third-order valence-corrected chi connectivity index (χ3v) is 2.11. The SMILES string of the molecule is CCOC(=O)COc1ccc(N)c(NCCO)c1. The van der Waals surface area contributed by atoms with Gasteiger partial charge in [-0.1, -0.05) is 0 Å². The summed E-state index contributed by atoms with van der Waals surface area (Å²) in [4.78, 5) is 11.1. The summed E-state index contributed by atoms with van der Waals surface area (Å²) in [7, 11) is 0. The molecule has 6 nitrogen and oxygen atoms in total. The van der Waals surface area contributed by atoms with Gasteiger partial charge in [0.1, 0.15) is 5.75 Å². The fourth-order valence-electron chi connectivity index (χ4n) is 1.31. The maximum absolute atomic E-state index is 11.1. The molecule has 0 aliphatic heterocycles. The van der Waals surface area contributed by atoms with Crippen molar-refractivity contribution in [3.63, 3.8) is 0 Å². The fraction of sp³-hybridized carbons (Fsp3) is 0.417. The molecule has 0 spiro atoms. The molecule has 0 heterocycles. The minimum absolute atomic E-state index is 0.00729. The number of hydrogen-bond acceptors (Lipinski definition) is 6. The molecule has 0 aliphatic carbocycles. The second kappa shape index (κ2) is 7.39. The van der Waals surface area contributed by atoms with Gasteiger partial charge in [0.25, 0.3) is 0 Å². The molecule has 18 heavy (non-hydrogen) atoms. The molecule has 1 aromatic carbocycles. The topological polar surface area (TPSA) is 93.8 Å². The van der Waals surface area contributed by atoms with Gasteiger partial charge in [-0.25, -0.2) is 4.79 Å². The van der Waals surface area contributed by atoms with E-state index in [-0.39, 0.29) is 13.2 Å². The summed E-state index contributed by atoms with van der Waals surface area (Å²) in [6, 6.07) is 5.00. The largest absolute Gasteiger partial charge is 0.482 e. The molecule has 6 heteroatoms. The predicted octanol–water partition coefficient (Wildman–Crippen LogP) is 0.615. The van der Waals surface area contributed by atoms with Gasteiger partial charge in [0.15, 0.2) is 6.61 Å². The highest BCUT2D eigenvalue weighted by atomic mass is 16.6. The van der Waals surface area contributed by atoms with Crippen LogP contribution in [-0.4, -0.2) is 37.4 Å². The number of esters is 1. The van der Waals surface area contributed by atoms with Crippen LogP contribution in [-0.2, 0) is 9.53 Å². The van der Waals surface area contributed by atoms with Crippen molar-refractivity contribution in [2.75, 3.05) is 37.4 Å². The molecule has 0 unspecified atom stereocenters. The summed E-state index contributed by atoms with van der Waals surface area (Å²) < 4.78 is 10.0. The van der Waals surface area contributed by atoms with E-state index in [1.807, 2.05) is 0 Å². The number of carbonyl (C=O) groups excluding carboxylic acids is 1. The zero-order valence-corrected chi connectivity index (χ0v) is 10.3. The van der Waals surface area contributed by atoms with Gasteiger partial charge in [0, 0.05) is 12.6 Å². The average molecular weight is 254 g/mol. The number of hydrogen-bond donors (Lipinski definition) is 3. The number of aliphatic hydroxyl groups excluding tert-OH is 1. The number of rotatable bonds is 7. The van der Waals surface area contributed by atoms with Gasteiger partial charge < -0.3 is 25.6 Å². The summed E-state index contributed by atoms with van der Waals surface area (Å²) >= 11 is 0. The summed E-state index contributed by atoms with van der Waals surface area (Å²) in [5, 5.41) is 11.7. The van der Waals surface area contributed by atoms with Gasteiger partial charge in [0.05, 0.1) is 24.6 Å². The zero-order chi connectivity index (χ0) is 13.4. The van der Waals surface area contributed by atoms with Crippen molar-refractivity contribution in [2.45, 2.75) is 6.92 Å². The van der Waals surface area contributed by atoms with Crippen LogP contribution >= 0.6 is 0 Å². The highest BCUT2D eigenvalue weighted by Crippen LogP contribution is 2.24. The van der Waals surface area contributed by atoms with Crippen LogP contribution in [0.4, 0.5) is 11.4 Å². The summed E-state index contributed by atoms with van der Waals surface area (Å²) in [6.07, 6.45) is 0. The molecule has 1 rings (SSSR count). The molecule has 1 aromatic rings. The van der Waals surface area contributed by atoms with Crippen LogP contribution < -0.4 is 15.8 Å². The van der Waals surface area contributed by atoms with Gasteiger partial charge in [-0.15, -0.1) is 0 Å². The van der Waals surface area contributed by atoms with Gasteiger partial charge in [0.2, 0.25) is 0 Å². The highest BCUT2D eigenvalue weighted by Gasteiger charge is 2.05. The third kappa shape index (κ3) is 4.50. The maximum Gasteiger partial charge on any atom is 0.344 e. The number of nitrogen functional groups attached to an aromatic ring is 1. The molecule has 0 amide bonds. The Morgan fingerprint density at radius 1 is 1.50 bits per heavy atom. The van der Waals surface area contributed by atoms with Crippen molar-refractivity contribution < 1.29 is 19.4 Å². The summed E-state index contributed by atoms with van der Waals surface area (Å²) in [6.45, 7) is 2.32. The molecule has 0 saturated carbocycles. The van der Waals surface area contributed by atoms with E-state index in [0.717, 1.165) is 0 Å². The van der Waals surface area contributed by atoms with E-state index in [9.17, 15) is 4.79 Å². The zero-order valence-electron chi connectivity index (χ0n) is 10.3. The monoisotopic (exact) mass is 254 g/mol. The predicted molar refractivity (Wildman–Crippen MR) is 68.6 cm³/mol. The molecule has 0 saturated heterocycles. The van der Waals surface area contributed by atoms with E-state index in [1.54, 1.807) is 25.1 Å². The third-order valence-electron chi connectivity index (χ3n) is 2.11. The second-order valence-electron chi connectivity index (χ2n) is 3.49. The standard InChI is InChI=1S/C12H18N2O4/c1-2-17-12(16)8-18-9-3-4-10(13)11(7-9)14-5-6-15/h3-4,7,14-15H,2,5-6,8,13H2,1H3. The number of benzene rings is 1. The molecule has 0 atom stereocenters. The van der Waals surface area contributed by atoms with E-state index < -0.39 is 5.97 Å². The minimum atomic E-state index is -0.417. The van der Waals surface area contributed by atoms with Crippen molar-refractivity contribution in [1.82, 2.24) is 0 Å². The van der Waals surface area contributed by atoms with Crippen molar-refractivity contribution in [1.29, 1.82) is 0 Å². The van der Waals surface area contributed by atoms with Gasteiger partial charge in [-0.3, -0.25) is 0 Å².